The highest BCUT2D eigenvalue weighted by Crippen LogP contribution is 2.36. The van der Waals surface area contributed by atoms with Crippen molar-refractivity contribution < 1.29 is 10.2 Å². The van der Waals surface area contributed by atoms with Gasteiger partial charge in [-0.1, -0.05) is 20.8 Å². The maximum atomic E-state index is 10.2. The molecule has 116 valence electrons. The van der Waals surface area contributed by atoms with Gasteiger partial charge in [-0.15, -0.1) is 0 Å². The lowest BCUT2D eigenvalue weighted by molar-refractivity contribution is 0.443. The van der Waals surface area contributed by atoms with Gasteiger partial charge in [-0.25, -0.2) is 0 Å². The minimum absolute atomic E-state index is 0.171. The Bertz CT molecular complexity index is 729. The van der Waals surface area contributed by atoms with E-state index in [2.05, 4.69) is 10.2 Å². The molecule has 0 spiro atoms. The van der Waals surface area contributed by atoms with Crippen LogP contribution in [-0.4, -0.2) is 10.2 Å². The van der Waals surface area contributed by atoms with Gasteiger partial charge < -0.3 is 10.2 Å². The number of phenolic OH excluding ortho intramolecular Hbond substituents is 2. The molecular weight excluding hydrogens is 276 g/mol. The predicted octanol–water partition coefficient (Wildman–Crippen LogP) is 5.43. The quantitative estimate of drug-likeness (QED) is 0.726. The van der Waals surface area contributed by atoms with Crippen LogP contribution < -0.4 is 0 Å². The number of nitrogens with zero attached hydrogens (tertiary/aromatic N) is 2. The van der Waals surface area contributed by atoms with Gasteiger partial charge in [0.1, 0.15) is 11.5 Å². The normalized spacial score (nSPS) is 12.0. The van der Waals surface area contributed by atoms with E-state index in [1.54, 1.807) is 24.3 Å². The second kappa shape index (κ2) is 5.79. The number of hydrogen-bond acceptors (Lipinski definition) is 4. The summed E-state index contributed by atoms with van der Waals surface area (Å²) in [7, 11) is 0. The van der Waals surface area contributed by atoms with Gasteiger partial charge in [-0.2, -0.15) is 10.2 Å². The van der Waals surface area contributed by atoms with Crippen LogP contribution in [-0.2, 0) is 5.41 Å². The molecule has 0 aliphatic rings. The van der Waals surface area contributed by atoms with Gasteiger partial charge >= 0.3 is 0 Å². The third-order valence-electron chi connectivity index (χ3n) is 3.55. The van der Waals surface area contributed by atoms with Crippen LogP contribution in [0, 0.1) is 13.8 Å². The SMILES string of the molecule is Cc1cc(/N=N/c2cc(C)c(O)c(C(C)(C)C)c2)ccc1O. The van der Waals surface area contributed by atoms with E-state index < -0.39 is 0 Å². The number of aromatic hydroxyl groups is 2. The van der Waals surface area contributed by atoms with Gasteiger partial charge in [0.2, 0.25) is 0 Å². The van der Waals surface area contributed by atoms with E-state index in [0.29, 0.717) is 17.1 Å². The zero-order chi connectivity index (χ0) is 16.5. The van der Waals surface area contributed by atoms with E-state index in [4.69, 9.17) is 0 Å². The molecule has 0 aromatic heterocycles. The Morgan fingerprint density at radius 3 is 2.00 bits per heavy atom. The van der Waals surface area contributed by atoms with E-state index in [9.17, 15) is 10.2 Å². The van der Waals surface area contributed by atoms with Crippen molar-refractivity contribution in [2.45, 2.75) is 40.0 Å². The van der Waals surface area contributed by atoms with Crippen molar-refractivity contribution >= 4 is 11.4 Å². The topological polar surface area (TPSA) is 65.2 Å². The van der Waals surface area contributed by atoms with Gasteiger partial charge in [0, 0.05) is 5.56 Å². The molecule has 2 N–H and O–H groups in total. The molecular formula is C18H22N2O2. The van der Waals surface area contributed by atoms with Crippen LogP contribution in [0.25, 0.3) is 0 Å². The molecule has 22 heavy (non-hydrogen) atoms. The average molecular weight is 298 g/mol. The summed E-state index contributed by atoms with van der Waals surface area (Å²) < 4.78 is 0. The second-order valence-electron chi connectivity index (χ2n) is 6.58. The van der Waals surface area contributed by atoms with Gasteiger partial charge in [-0.05, 0) is 60.7 Å². The van der Waals surface area contributed by atoms with Gasteiger partial charge in [0.25, 0.3) is 0 Å². The highest BCUT2D eigenvalue weighted by Gasteiger charge is 2.20. The van der Waals surface area contributed by atoms with Gasteiger partial charge in [-0.3, -0.25) is 0 Å². The molecule has 0 bridgehead atoms. The fraction of sp³-hybridized carbons (Fsp3) is 0.333. The molecule has 0 unspecified atom stereocenters. The van der Waals surface area contributed by atoms with Crippen LogP contribution in [0.2, 0.25) is 0 Å². The average Bonchev–Trinajstić information content (AvgIpc) is 2.42. The first-order valence-electron chi connectivity index (χ1n) is 7.24. The lowest BCUT2D eigenvalue weighted by atomic mass is 9.85. The first-order valence-corrected chi connectivity index (χ1v) is 7.24. The molecule has 0 heterocycles. The lowest BCUT2D eigenvalue weighted by Gasteiger charge is -2.21. The summed E-state index contributed by atoms with van der Waals surface area (Å²) in [4.78, 5) is 0. The summed E-state index contributed by atoms with van der Waals surface area (Å²) in [5, 5.41) is 28.2. The molecule has 0 saturated heterocycles. The Labute approximate surface area is 131 Å². The molecule has 2 aromatic carbocycles. The Morgan fingerprint density at radius 2 is 1.41 bits per heavy atom. The van der Waals surface area contributed by atoms with Gasteiger partial charge in [0.15, 0.2) is 0 Å². The van der Waals surface area contributed by atoms with Gasteiger partial charge in [0.05, 0.1) is 11.4 Å². The van der Waals surface area contributed by atoms with Crippen molar-refractivity contribution in [2.24, 2.45) is 10.2 Å². The van der Waals surface area contributed by atoms with E-state index in [1.807, 2.05) is 40.7 Å². The van der Waals surface area contributed by atoms with Crippen LogP contribution in [0.5, 0.6) is 11.5 Å². The molecule has 0 amide bonds. The minimum Gasteiger partial charge on any atom is -0.508 e. The maximum Gasteiger partial charge on any atom is 0.122 e. The van der Waals surface area contributed by atoms with Crippen LogP contribution in [0.3, 0.4) is 0 Å². The van der Waals surface area contributed by atoms with Crippen LogP contribution in [0.15, 0.2) is 40.6 Å². The van der Waals surface area contributed by atoms with Crippen molar-refractivity contribution in [3.63, 3.8) is 0 Å². The Balaban J connectivity index is 2.39. The Morgan fingerprint density at radius 1 is 0.818 bits per heavy atom. The highest BCUT2D eigenvalue weighted by atomic mass is 16.3. The van der Waals surface area contributed by atoms with E-state index in [-0.39, 0.29) is 11.2 Å². The molecule has 0 aliphatic carbocycles. The van der Waals surface area contributed by atoms with E-state index >= 15 is 0 Å². The summed E-state index contributed by atoms with van der Waals surface area (Å²) in [5.74, 6) is 0.557. The maximum absolute atomic E-state index is 10.2. The number of phenols is 2. The predicted molar refractivity (Wildman–Crippen MR) is 88.6 cm³/mol. The Kier molecular flexibility index (Phi) is 4.22. The number of hydrogen-bond donors (Lipinski definition) is 2. The number of aryl methyl sites for hydroxylation is 2. The van der Waals surface area contributed by atoms with Crippen molar-refractivity contribution in [1.82, 2.24) is 0 Å². The van der Waals surface area contributed by atoms with E-state index in [1.165, 1.54) is 0 Å². The monoisotopic (exact) mass is 298 g/mol. The molecule has 0 aliphatic heterocycles. The molecule has 2 aromatic rings. The minimum atomic E-state index is -0.171. The van der Waals surface area contributed by atoms with Crippen molar-refractivity contribution in [1.29, 1.82) is 0 Å². The Hall–Kier alpha value is -2.36. The highest BCUT2D eigenvalue weighted by molar-refractivity contribution is 5.54. The molecule has 0 atom stereocenters. The van der Waals surface area contributed by atoms with E-state index in [0.717, 1.165) is 16.7 Å². The largest absolute Gasteiger partial charge is 0.508 e. The first-order chi connectivity index (χ1) is 10.2. The van der Waals surface area contributed by atoms with Crippen LogP contribution in [0.4, 0.5) is 11.4 Å². The summed E-state index contributed by atoms with van der Waals surface area (Å²) >= 11 is 0. The fourth-order valence-corrected chi connectivity index (χ4v) is 2.21. The first kappa shape index (κ1) is 16.0. The standard InChI is InChI=1S/C18H22N2O2/c1-11-8-13(6-7-16(11)21)19-20-14-9-12(2)17(22)15(10-14)18(3,4)5/h6-10,21-22H,1-5H3/b20-19+. The summed E-state index contributed by atoms with van der Waals surface area (Å²) in [6, 6.07) is 8.76. The fourth-order valence-electron chi connectivity index (χ4n) is 2.21. The third kappa shape index (κ3) is 3.45. The van der Waals surface area contributed by atoms with Crippen molar-refractivity contribution in [3.05, 3.63) is 47.0 Å². The third-order valence-corrected chi connectivity index (χ3v) is 3.55. The number of benzene rings is 2. The van der Waals surface area contributed by atoms with Crippen molar-refractivity contribution in [2.75, 3.05) is 0 Å². The molecule has 2 rings (SSSR count). The number of rotatable bonds is 2. The number of azo groups is 1. The van der Waals surface area contributed by atoms with Crippen molar-refractivity contribution in [3.8, 4) is 11.5 Å². The molecule has 0 saturated carbocycles. The molecule has 0 fully saturated rings. The zero-order valence-corrected chi connectivity index (χ0v) is 13.7. The zero-order valence-electron chi connectivity index (χ0n) is 13.7. The molecule has 0 radical (unpaired) electrons. The summed E-state index contributed by atoms with van der Waals surface area (Å²) in [6.45, 7) is 9.81. The molecule has 4 heteroatoms. The molecule has 4 nitrogen and oxygen atoms in total. The second-order valence-corrected chi connectivity index (χ2v) is 6.58. The van der Waals surface area contributed by atoms with Crippen LogP contribution >= 0.6 is 0 Å². The summed E-state index contributed by atoms with van der Waals surface area (Å²) in [6.07, 6.45) is 0. The summed E-state index contributed by atoms with van der Waals surface area (Å²) in [5.41, 5.74) is 3.60. The van der Waals surface area contributed by atoms with Crippen LogP contribution in [0.1, 0.15) is 37.5 Å². The smallest absolute Gasteiger partial charge is 0.122 e. The lowest BCUT2D eigenvalue weighted by Crippen LogP contribution is -2.11.